The summed E-state index contributed by atoms with van der Waals surface area (Å²) in [5.41, 5.74) is 3.14. The van der Waals surface area contributed by atoms with Gasteiger partial charge in [-0.25, -0.2) is 0 Å². The molecule has 0 fully saturated rings. The standard InChI is InChI=1S/C21H18N4OS3/c26-19(22-21-24-23-17(29-21)12-14-6-2-1-3-7-14)18-15-8-11-27-13-16(15)28-20(18)25-9-4-5-10-25/h1-7,9-10H,8,11-13H2,(H,22,24,26). The summed E-state index contributed by atoms with van der Waals surface area (Å²) in [6.45, 7) is 0. The van der Waals surface area contributed by atoms with Crippen LogP contribution in [0.5, 0.6) is 0 Å². The van der Waals surface area contributed by atoms with Gasteiger partial charge in [-0.15, -0.1) is 21.5 Å². The van der Waals surface area contributed by atoms with Crippen LogP contribution in [0.3, 0.4) is 0 Å². The van der Waals surface area contributed by atoms with Crippen LogP contribution < -0.4 is 5.32 Å². The fraction of sp³-hybridized carbons (Fsp3) is 0.190. The van der Waals surface area contributed by atoms with Crippen LogP contribution in [-0.2, 0) is 18.6 Å². The lowest BCUT2D eigenvalue weighted by Gasteiger charge is -2.12. The number of rotatable bonds is 5. The van der Waals surface area contributed by atoms with Crippen molar-refractivity contribution >= 4 is 45.5 Å². The fourth-order valence-electron chi connectivity index (χ4n) is 3.41. The van der Waals surface area contributed by atoms with Crippen molar-refractivity contribution in [3.05, 3.63) is 81.4 Å². The van der Waals surface area contributed by atoms with Crippen molar-refractivity contribution in [2.75, 3.05) is 11.1 Å². The number of thioether (sulfide) groups is 1. The van der Waals surface area contributed by atoms with Crippen LogP contribution in [0.1, 0.15) is 31.4 Å². The van der Waals surface area contributed by atoms with E-state index in [4.69, 9.17) is 0 Å². The summed E-state index contributed by atoms with van der Waals surface area (Å²) in [7, 11) is 0. The van der Waals surface area contributed by atoms with Gasteiger partial charge in [-0.1, -0.05) is 41.7 Å². The molecule has 0 bridgehead atoms. The van der Waals surface area contributed by atoms with E-state index in [0.29, 0.717) is 11.6 Å². The number of anilines is 1. The Balaban J connectivity index is 1.41. The number of amides is 1. The molecule has 1 N–H and O–H groups in total. The Morgan fingerprint density at radius 3 is 2.72 bits per heavy atom. The van der Waals surface area contributed by atoms with Crippen LogP contribution in [0.15, 0.2) is 54.9 Å². The summed E-state index contributed by atoms with van der Waals surface area (Å²) >= 11 is 5.07. The second-order valence-corrected chi connectivity index (χ2v) is 9.95. The lowest BCUT2D eigenvalue weighted by molar-refractivity contribution is 0.102. The van der Waals surface area contributed by atoms with E-state index in [1.54, 1.807) is 11.3 Å². The Morgan fingerprint density at radius 1 is 1.07 bits per heavy atom. The topological polar surface area (TPSA) is 59.8 Å². The number of hydrogen-bond acceptors (Lipinski definition) is 6. The predicted octanol–water partition coefficient (Wildman–Crippen LogP) is 5.02. The molecule has 1 aliphatic heterocycles. The first-order valence-corrected chi connectivity index (χ1v) is 12.1. The molecule has 8 heteroatoms. The minimum Gasteiger partial charge on any atom is -0.315 e. The molecule has 4 aromatic rings. The molecular weight excluding hydrogens is 420 g/mol. The van der Waals surface area contributed by atoms with E-state index in [1.807, 2.05) is 59.1 Å². The third kappa shape index (κ3) is 3.88. The van der Waals surface area contributed by atoms with Gasteiger partial charge in [-0.3, -0.25) is 10.1 Å². The van der Waals surface area contributed by atoms with E-state index >= 15 is 0 Å². The molecule has 0 saturated carbocycles. The number of thiophene rings is 1. The van der Waals surface area contributed by atoms with E-state index in [2.05, 4.69) is 27.6 Å². The number of benzene rings is 1. The van der Waals surface area contributed by atoms with Crippen LogP contribution in [0.4, 0.5) is 5.13 Å². The van der Waals surface area contributed by atoms with Crippen LogP contribution >= 0.6 is 34.4 Å². The van der Waals surface area contributed by atoms with Gasteiger partial charge >= 0.3 is 0 Å². The average Bonchev–Trinajstić information content (AvgIpc) is 3.48. The van der Waals surface area contributed by atoms with Gasteiger partial charge in [-0.05, 0) is 35.4 Å². The van der Waals surface area contributed by atoms with Gasteiger partial charge in [0.05, 0.1) is 5.56 Å². The molecule has 0 spiro atoms. The van der Waals surface area contributed by atoms with Crippen molar-refractivity contribution in [1.82, 2.24) is 14.8 Å². The molecule has 5 rings (SSSR count). The SMILES string of the molecule is O=C(Nc1nnc(Cc2ccccc2)s1)c1c(-n2cccc2)sc2c1CCSC2. The maximum absolute atomic E-state index is 13.2. The fourth-order valence-corrected chi connectivity index (χ4v) is 6.62. The van der Waals surface area contributed by atoms with E-state index in [9.17, 15) is 4.79 Å². The van der Waals surface area contributed by atoms with Gasteiger partial charge in [0.25, 0.3) is 5.91 Å². The number of hydrogen-bond donors (Lipinski definition) is 1. The normalized spacial score (nSPS) is 13.2. The average molecular weight is 439 g/mol. The lowest BCUT2D eigenvalue weighted by atomic mass is 10.1. The highest BCUT2D eigenvalue weighted by Crippen LogP contribution is 2.38. The Bertz CT molecular complexity index is 1130. The summed E-state index contributed by atoms with van der Waals surface area (Å²) in [5.74, 6) is 1.93. The molecule has 29 heavy (non-hydrogen) atoms. The second-order valence-electron chi connectivity index (χ2n) is 6.69. The highest BCUT2D eigenvalue weighted by molar-refractivity contribution is 7.98. The highest BCUT2D eigenvalue weighted by Gasteiger charge is 2.27. The maximum atomic E-state index is 13.2. The van der Waals surface area contributed by atoms with E-state index in [-0.39, 0.29) is 5.91 Å². The van der Waals surface area contributed by atoms with Crippen LogP contribution in [0.25, 0.3) is 5.00 Å². The zero-order valence-electron chi connectivity index (χ0n) is 15.5. The quantitative estimate of drug-likeness (QED) is 0.475. The molecular formula is C21H18N4OS3. The molecule has 0 radical (unpaired) electrons. The highest BCUT2D eigenvalue weighted by atomic mass is 32.2. The van der Waals surface area contributed by atoms with E-state index in [1.165, 1.54) is 27.3 Å². The van der Waals surface area contributed by atoms with E-state index in [0.717, 1.165) is 33.5 Å². The summed E-state index contributed by atoms with van der Waals surface area (Å²) in [5, 5.41) is 13.9. The van der Waals surface area contributed by atoms with Gasteiger partial charge in [-0.2, -0.15) is 11.8 Å². The van der Waals surface area contributed by atoms with Crippen molar-refractivity contribution in [3.63, 3.8) is 0 Å². The summed E-state index contributed by atoms with van der Waals surface area (Å²) in [6, 6.07) is 14.1. The maximum Gasteiger partial charge on any atom is 0.260 e. The largest absolute Gasteiger partial charge is 0.315 e. The Kier molecular flexibility index (Phi) is 5.22. The zero-order chi connectivity index (χ0) is 19.6. The van der Waals surface area contributed by atoms with Gasteiger partial charge in [0, 0.05) is 29.4 Å². The number of nitrogens with zero attached hydrogens (tertiary/aromatic N) is 3. The first kappa shape index (κ1) is 18.6. The summed E-state index contributed by atoms with van der Waals surface area (Å²) in [6.07, 6.45) is 5.62. The smallest absolute Gasteiger partial charge is 0.260 e. The van der Waals surface area contributed by atoms with Gasteiger partial charge in [0.1, 0.15) is 10.0 Å². The van der Waals surface area contributed by atoms with Gasteiger partial charge in [0.15, 0.2) is 0 Å². The molecule has 0 aliphatic carbocycles. The molecule has 5 nitrogen and oxygen atoms in total. The van der Waals surface area contributed by atoms with E-state index < -0.39 is 0 Å². The molecule has 0 unspecified atom stereocenters. The Morgan fingerprint density at radius 2 is 1.90 bits per heavy atom. The van der Waals surface area contributed by atoms with Crippen molar-refractivity contribution in [2.24, 2.45) is 0 Å². The van der Waals surface area contributed by atoms with Crippen LogP contribution in [-0.4, -0.2) is 26.4 Å². The molecule has 3 aromatic heterocycles. The van der Waals surface area contributed by atoms with Crippen molar-refractivity contribution in [2.45, 2.75) is 18.6 Å². The molecule has 1 aromatic carbocycles. The number of nitrogens with one attached hydrogen (secondary N) is 1. The van der Waals surface area contributed by atoms with Crippen molar-refractivity contribution in [3.8, 4) is 5.00 Å². The lowest BCUT2D eigenvalue weighted by Crippen LogP contribution is -2.16. The third-order valence-electron chi connectivity index (χ3n) is 4.75. The zero-order valence-corrected chi connectivity index (χ0v) is 17.9. The minimum absolute atomic E-state index is 0.0967. The van der Waals surface area contributed by atoms with Crippen molar-refractivity contribution < 1.29 is 4.79 Å². The van der Waals surface area contributed by atoms with Gasteiger partial charge < -0.3 is 4.57 Å². The second kappa shape index (κ2) is 8.14. The molecule has 1 aliphatic rings. The van der Waals surface area contributed by atoms with Crippen LogP contribution in [0.2, 0.25) is 0 Å². The van der Waals surface area contributed by atoms with Gasteiger partial charge in [0.2, 0.25) is 5.13 Å². The third-order valence-corrected chi connectivity index (χ3v) is 8.01. The Hall–Kier alpha value is -2.42. The summed E-state index contributed by atoms with van der Waals surface area (Å²) in [4.78, 5) is 14.5. The minimum atomic E-state index is -0.0967. The molecule has 1 amide bonds. The number of carbonyl (C=O) groups is 1. The predicted molar refractivity (Wildman–Crippen MR) is 121 cm³/mol. The number of carbonyl (C=O) groups excluding carboxylic acids is 1. The molecule has 4 heterocycles. The molecule has 0 saturated heterocycles. The number of fused-ring (bicyclic) bond motifs is 1. The Labute approximate surface area is 180 Å². The molecule has 0 atom stereocenters. The number of aromatic nitrogens is 3. The first-order valence-electron chi connectivity index (χ1n) is 9.31. The monoisotopic (exact) mass is 438 g/mol. The first-order chi connectivity index (χ1) is 14.3. The summed E-state index contributed by atoms with van der Waals surface area (Å²) < 4.78 is 2.03. The molecule has 146 valence electrons. The van der Waals surface area contributed by atoms with Crippen molar-refractivity contribution in [1.29, 1.82) is 0 Å². The van der Waals surface area contributed by atoms with Crippen LogP contribution in [0, 0.1) is 0 Å².